The van der Waals surface area contributed by atoms with Crippen molar-refractivity contribution in [3.05, 3.63) is 35.9 Å². The molecule has 36 heavy (non-hydrogen) atoms. The van der Waals surface area contributed by atoms with Crippen LogP contribution in [-0.2, 0) is 53.4 Å². The molecule has 1 aliphatic heterocycles. The number of esters is 4. The number of hydrogen-bond acceptors (Lipinski definition) is 11. The van der Waals surface area contributed by atoms with Crippen molar-refractivity contribution in [3.63, 3.8) is 0 Å². The summed E-state index contributed by atoms with van der Waals surface area (Å²) in [6, 6.07) is 10.2. The summed E-state index contributed by atoms with van der Waals surface area (Å²) in [5.74, 6) is -0.749. The Labute approximate surface area is 215 Å². The van der Waals surface area contributed by atoms with E-state index in [1.165, 1.54) is 33.3 Å². The fourth-order valence-electron chi connectivity index (χ4n) is 3.59. The number of carbonyl (C=O) groups is 4. The first-order valence-corrected chi connectivity index (χ1v) is 12.9. The molecular weight excluding hydrogens is 492 g/mol. The van der Waals surface area contributed by atoms with E-state index in [1.807, 2.05) is 30.0 Å². The molecule has 0 radical (unpaired) electrons. The summed E-state index contributed by atoms with van der Waals surface area (Å²) in [4.78, 5) is 46.8. The van der Waals surface area contributed by atoms with Crippen LogP contribution >= 0.6 is 11.8 Å². The summed E-state index contributed by atoms with van der Waals surface area (Å²) in [6.07, 6.45) is -4.18. The van der Waals surface area contributed by atoms with Crippen LogP contribution < -0.4 is 0 Å². The van der Waals surface area contributed by atoms with Crippen LogP contribution in [0.25, 0.3) is 0 Å². The van der Waals surface area contributed by atoms with E-state index in [1.54, 1.807) is 0 Å². The first-order chi connectivity index (χ1) is 17.2. The molecule has 1 heterocycles. The normalized spacial score (nSPS) is 23.4. The van der Waals surface area contributed by atoms with Crippen molar-refractivity contribution in [1.82, 2.24) is 0 Å². The van der Waals surface area contributed by atoms with Gasteiger partial charge >= 0.3 is 23.9 Å². The van der Waals surface area contributed by atoms with Crippen molar-refractivity contribution in [3.8, 4) is 0 Å². The molecule has 0 amide bonds. The first-order valence-electron chi connectivity index (χ1n) is 11.7. The third-order valence-corrected chi connectivity index (χ3v) is 6.14. The number of benzene rings is 1. The van der Waals surface area contributed by atoms with E-state index in [0.717, 1.165) is 17.9 Å². The lowest BCUT2D eigenvalue weighted by Crippen LogP contribution is -2.63. The Kier molecular flexibility index (Phi) is 12.7. The van der Waals surface area contributed by atoms with Gasteiger partial charge in [0.25, 0.3) is 0 Å². The van der Waals surface area contributed by atoms with Gasteiger partial charge in [0.05, 0.1) is 0 Å². The molecule has 200 valence electrons. The molecule has 0 bridgehead atoms. The second-order valence-electron chi connectivity index (χ2n) is 8.18. The van der Waals surface area contributed by atoms with Crippen molar-refractivity contribution < 1.29 is 47.6 Å². The largest absolute Gasteiger partial charge is 0.463 e. The summed E-state index contributed by atoms with van der Waals surface area (Å²) in [6.45, 7) is 4.76. The second-order valence-corrected chi connectivity index (χ2v) is 9.29. The van der Waals surface area contributed by atoms with E-state index in [0.29, 0.717) is 6.42 Å². The maximum atomic E-state index is 11.8. The van der Waals surface area contributed by atoms with Crippen LogP contribution in [0.15, 0.2) is 30.3 Å². The molecule has 5 atom stereocenters. The number of ether oxygens (including phenoxy) is 6. The molecular formula is C25H34O10S. The molecule has 11 heteroatoms. The number of hydrogen-bond donors (Lipinski definition) is 0. The van der Waals surface area contributed by atoms with Gasteiger partial charge in [-0.25, -0.2) is 0 Å². The fraction of sp³-hybridized carbons (Fsp3) is 0.600. The fourth-order valence-corrected chi connectivity index (χ4v) is 4.57. The summed E-state index contributed by atoms with van der Waals surface area (Å²) in [5.41, 5.74) is 1.26. The number of thioether (sulfide) groups is 1. The Balaban J connectivity index is 2.03. The average Bonchev–Trinajstić information content (AvgIpc) is 2.80. The minimum absolute atomic E-state index is 0.277. The minimum Gasteiger partial charge on any atom is -0.463 e. The average molecular weight is 527 g/mol. The van der Waals surface area contributed by atoms with Crippen molar-refractivity contribution in [1.29, 1.82) is 0 Å². The molecule has 1 aromatic carbocycles. The summed E-state index contributed by atoms with van der Waals surface area (Å²) >= 11 is 1.81. The summed E-state index contributed by atoms with van der Waals surface area (Å²) in [7, 11) is 0. The highest BCUT2D eigenvalue weighted by Crippen LogP contribution is 2.30. The highest BCUT2D eigenvalue weighted by molar-refractivity contribution is 7.98. The Hall–Kier alpha value is -2.63. The van der Waals surface area contributed by atoms with Gasteiger partial charge in [-0.05, 0) is 24.2 Å². The Morgan fingerprint density at radius 2 is 1.42 bits per heavy atom. The molecule has 0 spiro atoms. The Morgan fingerprint density at radius 3 is 2.03 bits per heavy atom. The van der Waals surface area contributed by atoms with Crippen LogP contribution in [0, 0.1) is 0 Å². The molecule has 1 aliphatic rings. The molecule has 0 unspecified atom stereocenters. The number of carbonyl (C=O) groups excluding carboxylic acids is 4. The van der Waals surface area contributed by atoms with E-state index in [-0.39, 0.29) is 13.2 Å². The lowest BCUT2D eigenvalue weighted by Gasteiger charge is -2.44. The monoisotopic (exact) mass is 526 g/mol. The molecule has 1 saturated heterocycles. The van der Waals surface area contributed by atoms with Gasteiger partial charge in [-0.15, -0.1) is 0 Å². The molecule has 0 aromatic heterocycles. The zero-order valence-corrected chi connectivity index (χ0v) is 21.8. The quantitative estimate of drug-likeness (QED) is 0.214. The SMILES string of the molecule is CC(=O)OC[C@H]1O[C@@H](OCCCCSCc2ccccc2)[C@H](OC(C)=O)[C@@H](OC(C)=O)[C@@H]1OC(C)=O. The molecule has 0 saturated carbocycles. The smallest absolute Gasteiger partial charge is 0.303 e. The van der Waals surface area contributed by atoms with Crippen LogP contribution in [0.5, 0.6) is 0 Å². The second kappa shape index (κ2) is 15.5. The molecule has 2 rings (SSSR count). The van der Waals surface area contributed by atoms with E-state index in [2.05, 4.69) is 12.1 Å². The van der Waals surface area contributed by atoms with Crippen molar-refractivity contribution >= 4 is 35.6 Å². The van der Waals surface area contributed by atoms with E-state index < -0.39 is 54.6 Å². The van der Waals surface area contributed by atoms with Gasteiger partial charge in [-0.1, -0.05) is 30.3 Å². The zero-order valence-electron chi connectivity index (χ0n) is 21.0. The van der Waals surface area contributed by atoms with Crippen LogP contribution in [-0.4, -0.2) is 73.5 Å². The highest BCUT2D eigenvalue weighted by atomic mass is 32.2. The lowest BCUT2D eigenvalue weighted by atomic mass is 9.98. The maximum Gasteiger partial charge on any atom is 0.303 e. The zero-order chi connectivity index (χ0) is 26.5. The van der Waals surface area contributed by atoms with Crippen molar-refractivity contribution in [2.45, 2.75) is 77.0 Å². The molecule has 1 aromatic rings. The molecule has 0 N–H and O–H groups in total. The predicted molar refractivity (Wildman–Crippen MR) is 130 cm³/mol. The Bertz CT molecular complexity index is 862. The first kappa shape index (κ1) is 29.6. The number of rotatable bonds is 13. The van der Waals surface area contributed by atoms with Crippen molar-refractivity contribution in [2.75, 3.05) is 19.0 Å². The predicted octanol–water partition coefficient (Wildman–Crippen LogP) is 2.80. The van der Waals surface area contributed by atoms with Gasteiger partial charge in [-0.3, -0.25) is 19.2 Å². The van der Waals surface area contributed by atoms with Crippen LogP contribution in [0.1, 0.15) is 46.1 Å². The van der Waals surface area contributed by atoms with E-state index >= 15 is 0 Å². The lowest BCUT2D eigenvalue weighted by molar-refractivity contribution is -0.308. The third kappa shape index (κ3) is 10.5. The third-order valence-electron chi connectivity index (χ3n) is 5.02. The van der Waals surface area contributed by atoms with Crippen LogP contribution in [0.3, 0.4) is 0 Å². The van der Waals surface area contributed by atoms with E-state index in [9.17, 15) is 19.2 Å². The van der Waals surface area contributed by atoms with Gasteiger partial charge in [0.15, 0.2) is 24.6 Å². The molecule has 1 fully saturated rings. The minimum atomic E-state index is -1.23. The highest BCUT2D eigenvalue weighted by Gasteiger charge is 2.52. The summed E-state index contributed by atoms with van der Waals surface area (Å²) in [5, 5.41) is 0. The maximum absolute atomic E-state index is 11.8. The molecule has 0 aliphatic carbocycles. The van der Waals surface area contributed by atoms with Crippen LogP contribution in [0.2, 0.25) is 0 Å². The summed E-state index contributed by atoms with van der Waals surface area (Å²) < 4.78 is 33.0. The standard InChI is InChI=1S/C25H34O10S/c1-16(26)31-14-21-22(32-17(2)27)23(33-18(3)28)24(34-19(4)29)25(35-21)30-12-8-9-13-36-15-20-10-6-5-7-11-20/h5-7,10-11,21-25H,8-9,12-15H2,1-4H3/t21-,22-,23+,24-,25-/m1/s1. The molecule has 10 nitrogen and oxygen atoms in total. The van der Waals surface area contributed by atoms with Crippen LogP contribution in [0.4, 0.5) is 0 Å². The van der Waals surface area contributed by atoms with E-state index in [4.69, 9.17) is 28.4 Å². The van der Waals surface area contributed by atoms with Gasteiger partial charge in [0.2, 0.25) is 0 Å². The number of unbranched alkanes of at least 4 members (excludes halogenated alkanes) is 1. The van der Waals surface area contributed by atoms with Gasteiger partial charge in [0, 0.05) is 40.1 Å². The van der Waals surface area contributed by atoms with Gasteiger partial charge in [0.1, 0.15) is 12.7 Å². The van der Waals surface area contributed by atoms with Crippen molar-refractivity contribution in [2.24, 2.45) is 0 Å². The topological polar surface area (TPSA) is 124 Å². The van der Waals surface area contributed by atoms with Gasteiger partial charge in [-0.2, -0.15) is 11.8 Å². The van der Waals surface area contributed by atoms with Gasteiger partial charge < -0.3 is 28.4 Å². The Morgan fingerprint density at radius 1 is 0.806 bits per heavy atom.